The Morgan fingerprint density at radius 3 is 2.61 bits per heavy atom. The van der Waals surface area contributed by atoms with Crippen LogP contribution in [0.5, 0.6) is 0 Å². The van der Waals surface area contributed by atoms with E-state index in [-0.39, 0.29) is 11.4 Å². The van der Waals surface area contributed by atoms with Crippen LogP contribution < -0.4 is 16.6 Å². The Hall–Kier alpha value is -3.93. The zero-order valence-corrected chi connectivity index (χ0v) is 18.7. The first-order chi connectivity index (χ1) is 15.9. The lowest BCUT2D eigenvalue weighted by Gasteiger charge is -2.21. The number of hydrogen-bond acceptors (Lipinski definition) is 7. The number of nitrogens with two attached hydrogens (primary N) is 1. The van der Waals surface area contributed by atoms with Gasteiger partial charge in [-0.1, -0.05) is 47.7 Å². The number of aromatic nitrogens is 4. The monoisotopic (exact) mass is 460 g/mol. The van der Waals surface area contributed by atoms with Crippen molar-refractivity contribution >= 4 is 34.1 Å². The average Bonchev–Trinajstić information content (AvgIpc) is 2.79. The highest BCUT2D eigenvalue weighted by molar-refractivity contribution is 6.35. The number of hydrogen-bond donors (Lipinski definition) is 3. The quantitative estimate of drug-likeness (QED) is 0.400. The van der Waals surface area contributed by atoms with E-state index in [4.69, 9.17) is 22.3 Å². The topological polar surface area (TPSA) is 119 Å². The number of nitrogens with one attached hydrogen (secondary N) is 1. The van der Waals surface area contributed by atoms with Crippen LogP contribution in [-0.2, 0) is 0 Å². The number of fused-ring (bicyclic) bond motifs is 1. The molecule has 0 aliphatic carbocycles. The van der Waals surface area contributed by atoms with E-state index in [1.807, 2.05) is 37.3 Å². The van der Waals surface area contributed by atoms with Gasteiger partial charge in [0.05, 0.1) is 27.7 Å². The number of nitrogen functional groups attached to an aromatic ring is 1. The lowest BCUT2D eigenvalue weighted by molar-refractivity contribution is 0.253. The molecule has 0 fully saturated rings. The first-order valence-electron chi connectivity index (χ1n) is 10.2. The fraction of sp³-hybridized carbons (Fsp3) is 0.167. The maximum Gasteiger partial charge on any atom is 0.267 e. The summed E-state index contributed by atoms with van der Waals surface area (Å²) in [7, 11) is 0. The molecular formula is C24H21ClN6O2. The molecule has 33 heavy (non-hydrogen) atoms. The molecule has 0 saturated carbocycles. The Kier molecular flexibility index (Phi) is 6.27. The van der Waals surface area contributed by atoms with Gasteiger partial charge in [0.2, 0.25) is 0 Å². The summed E-state index contributed by atoms with van der Waals surface area (Å²) in [6.45, 7) is 3.40. The summed E-state index contributed by atoms with van der Waals surface area (Å²) in [6, 6.07) is 13.9. The molecule has 4 aromatic rings. The third kappa shape index (κ3) is 4.51. The number of para-hydroxylation sites is 1. The molecule has 2 atom stereocenters. The van der Waals surface area contributed by atoms with Crippen LogP contribution in [0, 0.1) is 11.8 Å². The van der Waals surface area contributed by atoms with Crippen molar-refractivity contribution in [2.75, 3.05) is 11.1 Å². The van der Waals surface area contributed by atoms with Crippen LogP contribution in [0.25, 0.3) is 16.6 Å². The van der Waals surface area contributed by atoms with Crippen molar-refractivity contribution in [2.24, 2.45) is 0 Å². The molecule has 166 valence electrons. The molecule has 2 heterocycles. The smallest absolute Gasteiger partial charge is 0.267 e. The van der Waals surface area contributed by atoms with Gasteiger partial charge >= 0.3 is 0 Å². The third-order valence-electron chi connectivity index (χ3n) is 4.91. The van der Waals surface area contributed by atoms with Gasteiger partial charge in [0.15, 0.2) is 0 Å². The van der Waals surface area contributed by atoms with Crippen LogP contribution in [0.4, 0.5) is 11.6 Å². The summed E-state index contributed by atoms with van der Waals surface area (Å²) in [4.78, 5) is 26.5. The summed E-state index contributed by atoms with van der Waals surface area (Å²) in [5, 5.41) is 13.5. The fourth-order valence-corrected chi connectivity index (χ4v) is 3.65. The van der Waals surface area contributed by atoms with Gasteiger partial charge in [-0.25, -0.2) is 15.0 Å². The number of halogens is 1. The molecule has 0 aliphatic heterocycles. The zero-order chi connectivity index (χ0) is 23.5. The summed E-state index contributed by atoms with van der Waals surface area (Å²) in [5.41, 5.74) is 7.20. The molecule has 4 N–H and O–H groups in total. The number of anilines is 2. The van der Waals surface area contributed by atoms with Crippen molar-refractivity contribution in [3.8, 4) is 17.5 Å². The van der Waals surface area contributed by atoms with E-state index in [0.29, 0.717) is 38.8 Å². The molecule has 9 heteroatoms. The van der Waals surface area contributed by atoms with Crippen molar-refractivity contribution < 1.29 is 5.11 Å². The van der Waals surface area contributed by atoms with E-state index < -0.39 is 12.1 Å². The highest BCUT2D eigenvalue weighted by atomic mass is 35.5. The lowest BCUT2D eigenvalue weighted by atomic mass is 10.2. The molecule has 0 saturated heterocycles. The van der Waals surface area contributed by atoms with E-state index in [1.54, 1.807) is 25.1 Å². The van der Waals surface area contributed by atoms with E-state index in [2.05, 4.69) is 27.1 Å². The minimum Gasteiger partial charge on any atom is -0.382 e. The van der Waals surface area contributed by atoms with Crippen molar-refractivity contribution in [1.29, 1.82) is 0 Å². The SMILES string of the molecule is C[C@H](O)C#Cc1c(N)ncnc1N[C@@H](C)c1nc2cccc(Cl)c2c(=O)n1-c1ccccc1. The van der Waals surface area contributed by atoms with Gasteiger partial charge in [0, 0.05) is 0 Å². The van der Waals surface area contributed by atoms with Gasteiger partial charge in [-0.15, -0.1) is 0 Å². The van der Waals surface area contributed by atoms with Crippen LogP contribution in [0.1, 0.15) is 31.3 Å². The number of rotatable bonds is 4. The molecule has 0 unspecified atom stereocenters. The largest absolute Gasteiger partial charge is 0.382 e. The predicted octanol–water partition coefficient (Wildman–Crippen LogP) is 3.32. The second-order valence-electron chi connectivity index (χ2n) is 7.37. The first-order valence-corrected chi connectivity index (χ1v) is 10.6. The summed E-state index contributed by atoms with van der Waals surface area (Å²) in [5.74, 6) is 6.45. The molecule has 2 aromatic heterocycles. The molecule has 0 spiro atoms. The van der Waals surface area contributed by atoms with E-state index in [0.717, 1.165) is 0 Å². The Morgan fingerprint density at radius 1 is 1.12 bits per heavy atom. The first kappa shape index (κ1) is 22.3. The zero-order valence-electron chi connectivity index (χ0n) is 18.0. The average molecular weight is 461 g/mol. The standard InChI is InChI=1S/C24H21ClN6O2/c1-14(32)11-12-17-21(26)27-13-28-22(17)29-15(2)23-30-19-10-6-9-18(25)20(19)24(33)31(23)16-7-4-3-5-8-16/h3-10,13-15,32H,1-2H3,(H3,26,27,28,29)/t14-,15-/m0/s1. The van der Waals surface area contributed by atoms with Crippen LogP contribution in [0.3, 0.4) is 0 Å². The van der Waals surface area contributed by atoms with E-state index in [9.17, 15) is 9.90 Å². The minimum absolute atomic E-state index is 0.173. The van der Waals surface area contributed by atoms with Gasteiger partial charge in [-0.05, 0) is 38.1 Å². The molecule has 0 radical (unpaired) electrons. The fourth-order valence-electron chi connectivity index (χ4n) is 3.40. The summed E-state index contributed by atoms with van der Waals surface area (Å²) < 4.78 is 1.53. The number of aliphatic hydroxyl groups is 1. The maximum absolute atomic E-state index is 13.5. The minimum atomic E-state index is -0.843. The molecule has 0 amide bonds. The third-order valence-corrected chi connectivity index (χ3v) is 5.23. The highest BCUT2D eigenvalue weighted by Gasteiger charge is 2.21. The predicted molar refractivity (Wildman–Crippen MR) is 129 cm³/mol. The second-order valence-corrected chi connectivity index (χ2v) is 7.78. The van der Waals surface area contributed by atoms with Crippen LogP contribution in [0.2, 0.25) is 5.02 Å². The highest BCUT2D eigenvalue weighted by Crippen LogP contribution is 2.26. The number of aliphatic hydroxyl groups excluding tert-OH is 1. The summed E-state index contributed by atoms with van der Waals surface area (Å²) in [6.07, 6.45) is 0.473. The van der Waals surface area contributed by atoms with Crippen molar-refractivity contribution in [2.45, 2.75) is 26.0 Å². The number of nitrogens with zero attached hydrogens (tertiary/aromatic N) is 4. The van der Waals surface area contributed by atoms with Gasteiger partial charge in [-0.2, -0.15) is 0 Å². The number of benzene rings is 2. The normalized spacial score (nSPS) is 12.6. The van der Waals surface area contributed by atoms with E-state index >= 15 is 0 Å². The van der Waals surface area contributed by atoms with Crippen molar-refractivity contribution in [3.63, 3.8) is 0 Å². The molecule has 0 aliphatic rings. The van der Waals surface area contributed by atoms with Gasteiger partial charge in [0.25, 0.3) is 5.56 Å². The molecular weight excluding hydrogens is 440 g/mol. The maximum atomic E-state index is 13.5. The van der Waals surface area contributed by atoms with Gasteiger partial charge in [-0.3, -0.25) is 9.36 Å². The molecule has 0 bridgehead atoms. The summed E-state index contributed by atoms with van der Waals surface area (Å²) >= 11 is 6.35. The van der Waals surface area contributed by atoms with E-state index in [1.165, 1.54) is 10.9 Å². The Morgan fingerprint density at radius 2 is 1.88 bits per heavy atom. The van der Waals surface area contributed by atoms with Crippen LogP contribution in [-0.4, -0.2) is 30.7 Å². The van der Waals surface area contributed by atoms with Crippen molar-refractivity contribution in [3.05, 3.63) is 81.6 Å². The molecule has 2 aromatic carbocycles. The second kappa shape index (κ2) is 9.28. The molecule has 4 rings (SSSR count). The Balaban J connectivity index is 1.88. The molecule has 8 nitrogen and oxygen atoms in total. The lowest BCUT2D eigenvalue weighted by Crippen LogP contribution is -2.27. The van der Waals surface area contributed by atoms with Crippen LogP contribution in [0.15, 0.2) is 59.7 Å². The van der Waals surface area contributed by atoms with Gasteiger partial charge < -0.3 is 16.2 Å². The van der Waals surface area contributed by atoms with Crippen molar-refractivity contribution in [1.82, 2.24) is 19.5 Å². The van der Waals surface area contributed by atoms with Gasteiger partial charge in [0.1, 0.15) is 35.5 Å². The Labute approximate surface area is 195 Å². The Bertz CT molecular complexity index is 1440. The van der Waals surface area contributed by atoms with Crippen LogP contribution >= 0.6 is 11.6 Å².